The van der Waals surface area contributed by atoms with Crippen molar-refractivity contribution in [3.8, 4) is 0 Å². The Morgan fingerprint density at radius 3 is 2.33 bits per heavy atom. The third-order valence-corrected chi connectivity index (χ3v) is 6.58. The van der Waals surface area contributed by atoms with E-state index in [1.54, 1.807) is 0 Å². The highest BCUT2D eigenvalue weighted by molar-refractivity contribution is 5.82. The Hall–Kier alpha value is -0.650. The van der Waals surface area contributed by atoms with Crippen molar-refractivity contribution in [1.29, 1.82) is 0 Å². The van der Waals surface area contributed by atoms with Gasteiger partial charge in [0.25, 0.3) is 0 Å². The molecule has 5 nitrogen and oxygen atoms in total. The maximum atomic E-state index is 12.9. The molecule has 3 rings (SSSR count). The van der Waals surface area contributed by atoms with Gasteiger partial charge in [-0.2, -0.15) is 0 Å². The van der Waals surface area contributed by atoms with Gasteiger partial charge in [-0.25, -0.2) is 0 Å². The van der Waals surface area contributed by atoms with Gasteiger partial charge in [-0.15, -0.1) is 0 Å². The number of carbonyl (C=O) groups is 1. The van der Waals surface area contributed by atoms with E-state index in [-0.39, 0.29) is 5.41 Å². The topological polar surface area (TPSA) is 38.8 Å². The molecule has 0 bridgehead atoms. The third-order valence-electron chi connectivity index (χ3n) is 6.58. The highest BCUT2D eigenvalue weighted by Gasteiger charge is 2.38. The second kappa shape index (κ2) is 7.71. The summed E-state index contributed by atoms with van der Waals surface area (Å²) in [6, 6.07) is 1.48. The normalized spacial score (nSPS) is 36.2. The molecule has 0 aromatic rings. The van der Waals surface area contributed by atoms with Crippen LogP contribution in [-0.4, -0.2) is 85.0 Å². The molecule has 0 unspecified atom stereocenters. The van der Waals surface area contributed by atoms with Crippen molar-refractivity contribution in [2.45, 2.75) is 58.5 Å². The molecule has 1 amide bonds. The summed E-state index contributed by atoms with van der Waals surface area (Å²) in [4.78, 5) is 20.2. The number of rotatable bonds is 4. The van der Waals surface area contributed by atoms with Crippen molar-refractivity contribution in [1.82, 2.24) is 20.0 Å². The highest BCUT2D eigenvalue weighted by atomic mass is 16.2. The number of piperazine rings is 1. The molecule has 3 heterocycles. The van der Waals surface area contributed by atoms with E-state index < -0.39 is 0 Å². The Labute approximate surface area is 147 Å². The van der Waals surface area contributed by atoms with Crippen molar-refractivity contribution >= 4 is 5.91 Å². The van der Waals surface area contributed by atoms with Gasteiger partial charge in [-0.05, 0) is 53.0 Å². The van der Waals surface area contributed by atoms with Gasteiger partial charge in [0.1, 0.15) is 0 Å². The largest absolute Gasteiger partial charge is 0.340 e. The SMILES string of the molecule is C[C@@H]1CC[C@H](C)N1CCN1CCN(C(=O)[C@@]2(C)CCCNC2)CC1. The summed E-state index contributed by atoms with van der Waals surface area (Å²) < 4.78 is 0. The molecule has 3 aliphatic heterocycles. The Morgan fingerprint density at radius 2 is 1.75 bits per heavy atom. The number of piperidine rings is 1. The Kier molecular flexibility index (Phi) is 5.83. The van der Waals surface area contributed by atoms with Crippen LogP contribution in [0.2, 0.25) is 0 Å². The van der Waals surface area contributed by atoms with Crippen LogP contribution in [0.4, 0.5) is 0 Å². The fourth-order valence-corrected chi connectivity index (χ4v) is 4.74. The van der Waals surface area contributed by atoms with Gasteiger partial charge in [-0.1, -0.05) is 0 Å². The summed E-state index contributed by atoms with van der Waals surface area (Å²) in [5.74, 6) is 0.371. The lowest BCUT2D eigenvalue weighted by Crippen LogP contribution is -2.56. The van der Waals surface area contributed by atoms with Gasteiger partial charge < -0.3 is 10.2 Å². The molecule has 0 aromatic carbocycles. The van der Waals surface area contributed by atoms with E-state index in [9.17, 15) is 4.79 Å². The minimum absolute atomic E-state index is 0.180. The van der Waals surface area contributed by atoms with Crippen LogP contribution < -0.4 is 5.32 Å². The van der Waals surface area contributed by atoms with Crippen LogP contribution in [0.15, 0.2) is 0 Å². The van der Waals surface area contributed by atoms with E-state index in [2.05, 4.69) is 40.8 Å². The van der Waals surface area contributed by atoms with Crippen molar-refractivity contribution in [3.05, 3.63) is 0 Å². The van der Waals surface area contributed by atoms with Crippen LogP contribution in [0, 0.1) is 5.41 Å². The Bertz CT molecular complexity index is 417. The van der Waals surface area contributed by atoms with Gasteiger partial charge in [0.2, 0.25) is 5.91 Å². The molecule has 3 fully saturated rings. The lowest BCUT2D eigenvalue weighted by molar-refractivity contribution is -0.144. The average molecular weight is 337 g/mol. The Balaban J connectivity index is 1.43. The van der Waals surface area contributed by atoms with Crippen molar-refractivity contribution in [3.63, 3.8) is 0 Å². The molecule has 3 saturated heterocycles. The van der Waals surface area contributed by atoms with E-state index in [1.165, 1.54) is 19.4 Å². The zero-order valence-electron chi connectivity index (χ0n) is 15.9. The van der Waals surface area contributed by atoms with Crippen LogP contribution in [0.1, 0.15) is 46.5 Å². The maximum Gasteiger partial charge on any atom is 0.229 e. The zero-order valence-corrected chi connectivity index (χ0v) is 15.9. The average Bonchev–Trinajstić information content (AvgIpc) is 2.92. The van der Waals surface area contributed by atoms with Crippen LogP contribution >= 0.6 is 0 Å². The van der Waals surface area contributed by atoms with E-state index >= 15 is 0 Å². The molecule has 3 atom stereocenters. The van der Waals surface area contributed by atoms with E-state index in [1.807, 2.05) is 0 Å². The van der Waals surface area contributed by atoms with Crippen LogP contribution in [-0.2, 0) is 4.79 Å². The molecule has 0 aromatic heterocycles. The van der Waals surface area contributed by atoms with Crippen LogP contribution in [0.25, 0.3) is 0 Å². The summed E-state index contributed by atoms with van der Waals surface area (Å²) in [5, 5.41) is 3.40. The fraction of sp³-hybridized carbons (Fsp3) is 0.947. The summed E-state index contributed by atoms with van der Waals surface area (Å²) in [6.07, 6.45) is 4.84. The molecule has 0 aliphatic carbocycles. The molecule has 3 aliphatic rings. The second-order valence-corrected chi connectivity index (χ2v) is 8.49. The predicted molar refractivity (Wildman–Crippen MR) is 98.1 cm³/mol. The van der Waals surface area contributed by atoms with Gasteiger partial charge in [0.15, 0.2) is 0 Å². The summed E-state index contributed by atoms with van der Waals surface area (Å²) in [6.45, 7) is 15.0. The predicted octanol–water partition coefficient (Wildman–Crippen LogP) is 1.39. The van der Waals surface area contributed by atoms with Crippen LogP contribution in [0.3, 0.4) is 0 Å². The van der Waals surface area contributed by atoms with Gasteiger partial charge in [0, 0.05) is 57.9 Å². The van der Waals surface area contributed by atoms with Gasteiger partial charge in [0.05, 0.1) is 5.41 Å². The van der Waals surface area contributed by atoms with Crippen molar-refractivity contribution in [2.75, 3.05) is 52.4 Å². The van der Waals surface area contributed by atoms with Gasteiger partial charge in [-0.3, -0.25) is 14.6 Å². The lowest BCUT2D eigenvalue weighted by atomic mass is 9.81. The smallest absolute Gasteiger partial charge is 0.229 e. The molecule has 24 heavy (non-hydrogen) atoms. The molecule has 0 saturated carbocycles. The molecule has 0 spiro atoms. The first-order valence-electron chi connectivity index (χ1n) is 9.98. The molecule has 5 heteroatoms. The number of carbonyl (C=O) groups excluding carboxylic acids is 1. The molecule has 1 N–H and O–H groups in total. The fourth-order valence-electron chi connectivity index (χ4n) is 4.74. The van der Waals surface area contributed by atoms with Crippen molar-refractivity contribution in [2.24, 2.45) is 5.41 Å². The summed E-state index contributed by atoms with van der Waals surface area (Å²) in [5.41, 5.74) is -0.180. The highest BCUT2D eigenvalue weighted by Crippen LogP contribution is 2.28. The molecular formula is C19H36N4O. The lowest BCUT2D eigenvalue weighted by Gasteiger charge is -2.41. The Morgan fingerprint density at radius 1 is 1.08 bits per heavy atom. The first-order chi connectivity index (χ1) is 11.5. The molecule has 138 valence electrons. The number of amides is 1. The first kappa shape index (κ1) is 18.2. The van der Waals surface area contributed by atoms with Crippen molar-refractivity contribution < 1.29 is 4.79 Å². The maximum absolute atomic E-state index is 12.9. The third kappa shape index (κ3) is 3.94. The van der Waals surface area contributed by atoms with E-state index in [4.69, 9.17) is 0 Å². The number of nitrogens with zero attached hydrogens (tertiary/aromatic N) is 3. The minimum Gasteiger partial charge on any atom is -0.340 e. The second-order valence-electron chi connectivity index (χ2n) is 8.49. The molecule has 0 radical (unpaired) electrons. The quantitative estimate of drug-likeness (QED) is 0.842. The standard InChI is InChI=1S/C19H36N4O/c1-16-5-6-17(2)23(16)14-11-21-9-12-22(13-10-21)18(24)19(3)7-4-8-20-15-19/h16-17,20H,4-15H2,1-3H3/t16-,17+,19-/m0/s1. The van der Waals surface area contributed by atoms with E-state index in [0.29, 0.717) is 5.91 Å². The summed E-state index contributed by atoms with van der Waals surface area (Å²) in [7, 11) is 0. The number of hydrogen-bond acceptors (Lipinski definition) is 4. The first-order valence-corrected chi connectivity index (χ1v) is 9.98. The molecular weight excluding hydrogens is 300 g/mol. The van der Waals surface area contributed by atoms with Gasteiger partial charge >= 0.3 is 0 Å². The van der Waals surface area contributed by atoms with Crippen LogP contribution in [0.5, 0.6) is 0 Å². The monoisotopic (exact) mass is 336 g/mol. The minimum atomic E-state index is -0.180. The summed E-state index contributed by atoms with van der Waals surface area (Å²) >= 11 is 0. The zero-order chi connectivity index (χ0) is 17.2. The van der Waals surface area contributed by atoms with E-state index in [0.717, 1.165) is 70.7 Å². The number of likely N-dealkylation sites (tertiary alicyclic amines) is 1. The number of hydrogen-bond donors (Lipinski definition) is 1. The number of nitrogens with one attached hydrogen (secondary N) is 1.